The minimum atomic E-state index is 0.608. The Morgan fingerprint density at radius 3 is 3.20 bits per heavy atom. The predicted molar refractivity (Wildman–Crippen MR) is 60.6 cm³/mol. The molecule has 0 amide bonds. The van der Waals surface area contributed by atoms with Gasteiger partial charge in [0.05, 0.1) is 12.0 Å². The molecule has 0 aromatic carbocycles. The standard InChI is InChI=1S/C11H20N4/c1-3-15-9-12-6-11(15)8-14-5-4-13-10(2)7-14/h6,9-10,13H,3-5,7-8H2,1-2H3/t10-/m1/s1. The highest BCUT2D eigenvalue weighted by atomic mass is 15.2. The molecule has 4 nitrogen and oxygen atoms in total. The molecule has 0 aliphatic carbocycles. The summed E-state index contributed by atoms with van der Waals surface area (Å²) in [5, 5.41) is 3.46. The van der Waals surface area contributed by atoms with Crippen molar-refractivity contribution in [3.8, 4) is 0 Å². The van der Waals surface area contributed by atoms with Crippen molar-refractivity contribution in [3.63, 3.8) is 0 Å². The van der Waals surface area contributed by atoms with Gasteiger partial charge in [-0.2, -0.15) is 0 Å². The minimum Gasteiger partial charge on any atom is -0.334 e. The van der Waals surface area contributed by atoms with Crippen LogP contribution in [0.5, 0.6) is 0 Å². The molecule has 1 aliphatic rings. The smallest absolute Gasteiger partial charge is 0.0948 e. The Balaban J connectivity index is 1.96. The van der Waals surface area contributed by atoms with Crippen molar-refractivity contribution >= 4 is 0 Å². The van der Waals surface area contributed by atoms with Crippen LogP contribution in [0, 0.1) is 0 Å². The summed E-state index contributed by atoms with van der Waals surface area (Å²) in [7, 11) is 0. The van der Waals surface area contributed by atoms with E-state index in [1.165, 1.54) is 5.69 Å². The molecule has 1 aromatic rings. The van der Waals surface area contributed by atoms with E-state index in [9.17, 15) is 0 Å². The van der Waals surface area contributed by atoms with E-state index in [-0.39, 0.29) is 0 Å². The van der Waals surface area contributed by atoms with Crippen LogP contribution in [-0.4, -0.2) is 40.1 Å². The summed E-state index contributed by atoms with van der Waals surface area (Å²) in [6.07, 6.45) is 3.90. The van der Waals surface area contributed by atoms with Crippen molar-refractivity contribution in [3.05, 3.63) is 18.2 Å². The fourth-order valence-electron chi connectivity index (χ4n) is 2.15. The second-order valence-electron chi connectivity index (χ2n) is 4.26. The highest BCUT2D eigenvalue weighted by molar-refractivity contribution is 4.98. The molecule has 1 fully saturated rings. The van der Waals surface area contributed by atoms with Gasteiger partial charge >= 0.3 is 0 Å². The zero-order valence-electron chi connectivity index (χ0n) is 9.61. The van der Waals surface area contributed by atoms with Crippen LogP contribution in [0.4, 0.5) is 0 Å². The lowest BCUT2D eigenvalue weighted by Crippen LogP contribution is -2.48. The maximum Gasteiger partial charge on any atom is 0.0948 e. The number of rotatable bonds is 3. The van der Waals surface area contributed by atoms with Gasteiger partial charge in [0.2, 0.25) is 0 Å². The summed E-state index contributed by atoms with van der Waals surface area (Å²) in [5.74, 6) is 0. The molecule has 0 radical (unpaired) electrons. The van der Waals surface area contributed by atoms with E-state index in [0.29, 0.717) is 6.04 Å². The molecule has 2 rings (SSSR count). The Morgan fingerprint density at radius 1 is 1.60 bits per heavy atom. The van der Waals surface area contributed by atoms with Crippen LogP contribution in [0.3, 0.4) is 0 Å². The first-order valence-corrected chi connectivity index (χ1v) is 5.74. The second kappa shape index (κ2) is 4.77. The van der Waals surface area contributed by atoms with E-state index in [0.717, 1.165) is 32.7 Å². The van der Waals surface area contributed by atoms with Gasteiger partial charge < -0.3 is 9.88 Å². The lowest BCUT2D eigenvalue weighted by atomic mass is 10.2. The number of nitrogens with zero attached hydrogens (tertiary/aromatic N) is 3. The molecular weight excluding hydrogens is 188 g/mol. The molecule has 15 heavy (non-hydrogen) atoms. The van der Waals surface area contributed by atoms with E-state index in [1.54, 1.807) is 0 Å². The largest absolute Gasteiger partial charge is 0.334 e. The van der Waals surface area contributed by atoms with Crippen molar-refractivity contribution < 1.29 is 0 Å². The first-order chi connectivity index (χ1) is 7.29. The topological polar surface area (TPSA) is 33.1 Å². The van der Waals surface area contributed by atoms with Crippen LogP contribution in [0.2, 0.25) is 0 Å². The predicted octanol–water partition coefficient (Wildman–Crippen LogP) is 0.697. The Labute approximate surface area is 91.3 Å². The molecule has 0 bridgehead atoms. The Kier molecular flexibility index (Phi) is 3.38. The van der Waals surface area contributed by atoms with Gasteiger partial charge in [-0.15, -0.1) is 0 Å². The van der Waals surface area contributed by atoms with Crippen molar-refractivity contribution in [2.45, 2.75) is 33.0 Å². The molecule has 84 valence electrons. The van der Waals surface area contributed by atoms with Gasteiger partial charge in [-0.25, -0.2) is 4.98 Å². The second-order valence-corrected chi connectivity index (χ2v) is 4.26. The maximum atomic E-state index is 4.20. The number of piperazine rings is 1. The molecule has 1 aliphatic heterocycles. The van der Waals surface area contributed by atoms with Gasteiger partial charge in [-0.05, 0) is 13.8 Å². The van der Waals surface area contributed by atoms with Crippen LogP contribution in [0.15, 0.2) is 12.5 Å². The van der Waals surface area contributed by atoms with Gasteiger partial charge in [-0.3, -0.25) is 4.90 Å². The van der Waals surface area contributed by atoms with Crippen LogP contribution in [0.1, 0.15) is 19.5 Å². The van der Waals surface area contributed by atoms with Gasteiger partial charge in [0, 0.05) is 45.0 Å². The number of imidazole rings is 1. The normalized spacial score (nSPS) is 23.2. The molecule has 0 unspecified atom stereocenters. The van der Waals surface area contributed by atoms with Crippen molar-refractivity contribution in [2.75, 3.05) is 19.6 Å². The number of hydrogen-bond donors (Lipinski definition) is 1. The Morgan fingerprint density at radius 2 is 2.47 bits per heavy atom. The highest BCUT2D eigenvalue weighted by Crippen LogP contribution is 2.07. The Bertz CT molecular complexity index is 307. The van der Waals surface area contributed by atoms with Crippen LogP contribution < -0.4 is 5.32 Å². The van der Waals surface area contributed by atoms with Gasteiger partial charge in [0.1, 0.15) is 0 Å². The summed E-state index contributed by atoms with van der Waals surface area (Å²) >= 11 is 0. The Hall–Kier alpha value is -0.870. The summed E-state index contributed by atoms with van der Waals surface area (Å²) in [4.78, 5) is 6.69. The third-order valence-corrected chi connectivity index (χ3v) is 2.98. The third kappa shape index (κ3) is 2.58. The molecule has 2 heterocycles. The maximum absolute atomic E-state index is 4.20. The molecule has 0 saturated carbocycles. The fraction of sp³-hybridized carbons (Fsp3) is 0.727. The lowest BCUT2D eigenvalue weighted by Gasteiger charge is -2.31. The zero-order chi connectivity index (χ0) is 10.7. The number of aryl methyl sites for hydroxylation is 1. The first kappa shape index (κ1) is 10.6. The highest BCUT2D eigenvalue weighted by Gasteiger charge is 2.16. The van der Waals surface area contributed by atoms with E-state index in [2.05, 4.69) is 33.6 Å². The summed E-state index contributed by atoms with van der Waals surface area (Å²) in [5.41, 5.74) is 1.33. The number of aromatic nitrogens is 2. The molecule has 1 N–H and O–H groups in total. The summed E-state index contributed by atoms with van der Waals surface area (Å²) < 4.78 is 2.21. The van der Waals surface area contributed by atoms with E-state index in [4.69, 9.17) is 0 Å². The lowest BCUT2D eigenvalue weighted by molar-refractivity contribution is 0.195. The SMILES string of the molecule is CCn1cncc1CN1CCN[C@H](C)C1. The summed E-state index contributed by atoms with van der Waals surface area (Å²) in [6.45, 7) is 9.81. The molecule has 0 spiro atoms. The first-order valence-electron chi connectivity index (χ1n) is 5.74. The molecule has 1 aromatic heterocycles. The average molecular weight is 208 g/mol. The van der Waals surface area contributed by atoms with E-state index in [1.807, 2.05) is 12.5 Å². The van der Waals surface area contributed by atoms with Crippen molar-refractivity contribution in [2.24, 2.45) is 0 Å². The van der Waals surface area contributed by atoms with Gasteiger partial charge in [0.25, 0.3) is 0 Å². The van der Waals surface area contributed by atoms with Crippen LogP contribution in [-0.2, 0) is 13.1 Å². The number of nitrogens with one attached hydrogen (secondary N) is 1. The fourth-order valence-corrected chi connectivity index (χ4v) is 2.15. The number of hydrogen-bond acceptors (Lipinski definition) is 3. The molecule has 1 saturated heterocycles. The quantitative estimate of drug-likeness (QED) is 0.793. The minimum absolute atomic E-state index is 0.608. The zero-order valence-corrected chi connectivity index (χ0v) is 9.61. The van der Waals surface area contributed by atoms with Gasteiger partial charge in [-0.1, -0.05) is 0 Å². The summed E-state index contributed by atoms with van der Waals surface area (Å²) in [6, 6.07) is 0.608. The molecule has 1 atom stereocenters. The average Bonchev–Trinajstić information content (AvgIpc) is 2.65. The van der Waals surface area contributed by atoms with Crippen LogP contribution in [0.25, 0.3) is 0 Å². The molecular formula is C11H20N4. The van der Waals surface area contributed by atoms with E-state index < -0.39 is 0 Å². The van der Waals surface area contributed by atoms with Crippen molar-refractivity contribution in [1.29, 1.82) is 0 Å². The van der Waals surface area contributed by atoms with E-state index >= 15 is 0 Å². The monoisotopic (exact) mass is 208 g/mol. The van der Waals surface area contributed by atoms with Gasteiger partial charge in [0.15, 0.2) is 0 Å². The van der Waals surface area contributed by atoms with Crippen LogP contribution >= 0.6 is 0 Å². The molecule has 4 heteroatoms. The third-order valence-electron chi connectivity index (χ3n) is 2.98. The van der Waals surface area contributed by atoms with Crippen molar-refractivity contribution in [1.82, 2.24) is 19.8 Å².